The standard InChI is InChI=1S/C13H17NO3/c1-3-12(15)17-13(16)9(2)11-6-4-10(8-14)5-7-11/h4-7,9H,3,8,14H2,1-2H3. The molecule has 92 valence electrons. The fraction of sp³-hybridized carbons (Fsp3) is 0.385. The Morgan fingerprint density at radius 2 is 1.88 bits per heavy atom. The van der Waals surface area contributed by atoms with Crippen LogP contribution in [0.5, 0.6) is 0 Å². The van der Waals surface area contributed by atoms with Crippen molar-refractivity contribution in [3.05, 3.63) is 35.4 Å². The van der Waals surface area contributed by atoms with Crippen molar-refractivity contribution in [2.24, 2.45) is 5.73 Å². The van der Waals surface area contributed by atoms with Gasteiger partial charge in [-0.25, -0.2) is 0 Å². The van der Waals surface area contributed by atoms with Gasteiger partial charge in [0.2, 0.25) is 0 Å². The van der Waals surface area contributed by atoms with E-state index in [9.17, 15) is 9.59 Å². The monoisotopic (exact) mass is 235 g/mol. The molecule has 2 N–H and O–H groups in total. The molecule has 0 saturated heterocycles. The molecule has 4 nitrogen and oxygen atoms in total. The molecule has 17 heavy (non-hydrogen) atoms. The molecule has 1 rings (SSSR count). The molecule has 0 bridgehead atoms. The molecule has 1 aromatic rings. The summed E-state index contributed by atoms with van der Waals surface area (Å²) < 4.78 is 4.67. The summed E-state index contributed by atoms with van der Waals surface area (Å²) in [4.78, 5) is 22.6. The van der Waals surface area contributed by atoms with Gasteiger partial charge in [-0.2, -0.15) is 0 Å². The minimum Gasteiger partial charge on any atom is -0.393 e. The number of esters is 2. The Morgan fingerprint density at radius 3 is 2.35 bits per heavy atom. The largest absolute Gasteiger partial charge is 0.393 e. The van der Waals surface area contributed by atoms with E-state index in [-0.39, 0.29) is 6.42 Å². The molecule has 0 radical (unpaired) electrons. The maximum absolute atomic E-state index is 11.6. The zero-order chi connectivity index (χ0) is 12.8. The van der Waals surface area contributed by atoms with Crippen molar-refractivity contribution in [1.82, 2.24) is 0 Å². The Bertz CT molecular complexity index is 398. The maximum atomic E-state index is 11.6. The van der Waals surface area contributed by atoms with E-state index in [1.165, 1.54) is 0 Å². The summed E-state index contributed by atoms with van der Waals surface area (Å²) in [7, 11) is 0. The molecule has 0 aliphatic carbocycles. The van der Waals surface area contributed by atoms with Crippen LogP contribution in [-0.4, -0.2) is 11.9 Å². The Labute approximate surface area is 101 Å². The fourth-order valence-corrected chi connectivity index (χ4v) is 1.35. The predicted octanol–water partition coefficient (Wildman–Crippen LogP) is 1.73. The van der Waals surface area contributed by atoms with Crippen LogP contribution < -0.4 is 5.73 Å². The summed E-state index contributed by atoms with van der Waals surface area (Å²) >= 11 is 0. The van der Waals surface area contributed by atoms with Crippen LogP contribution in [0.1, 0.15) is 37.3 Å². The van der Waals surface area contributed by atoms with Gasteiger partial charge in [0.05, 0.1) is 5.92 Å². The highest BCUT2D eigenvalue weighted by atomic mass is 16.6. The summed E-state index contributed by atoms with van der Waals surface area (Å²) in [5, 5.41) is 0. The number of hydrogen-bond donors (Lipinski definition) is 1. The van der Waals surface area contributed by atoms with Gasteiger partial charge in [-0.15, -0.1) is 0 Å². The third kappa shape index (κ3) is 3.67. The summed E-state index contributed by atoms with van der Waals surface area (Å²) in [6, 6.07) is 7.37. The van der Waals surface area contributed by atoms with E-state index in [0.717, 1.165) is 11.1 Å². The van der Waals surface area contributed by atoms with E-state index in [4.69, 9.17) is 5.73 Å². The van der Waals surface area contributed by atoms with Crippen LogP contribution >= 0.6 is 0 Å². The molecule has 0 aromatic heterocycles. The molecule has 0 fully saturated rings. The van der Waals surface area contributed by atoms with Gasteiger partial charge in [-0.3, -0.25) is 9.59 Å². The summed E-state index contributed by atoms with van der Waals surface area (Å²) in [5.74, 6) is -1.46. The SMILES string of the molecule is CCC(=O)OC(=O)C(C)c1ccc(CN)cc1. The minimum absolute atomic E-state index is 0.199. The van der Waals surface area contributed by atoms with Gasteiger partial charge in [0.15, 0.2) is 0 Å². The molecule has 1 atom stereocenters. The lowest BCUT2D eigenvalue weighted by atomic mass is 10.00. The van der Waals surface area contributed by atoms with Crippen molar-refractivity contribution in [3.8, 4) is 0 Å². The third-order valence-electron chi connectivity index (χ3n) is 2.57. The highest BCUT2D eigenvalue weighted by Crippen LogP contribution is 2.17. The molecule has 0 aliphatic rings. The smallest absolute Gasteiger partial charge is 0.320 e. The second kappa shape index (κ2) is 6.15. The van der Waals surface area contributed by atoms with Crippen molar-refractivity contribution in [1.29, 1.82) is 0 Å². The Kier molecular flexibility index (Phi) is 4.84. The molecule has 0 amide bonds. The van der Waals surface area contributed by atoms with E-state index >= 15 is 0 Å². The highest BCUT2D eigenvalue weighted by Gasteiger charge is 2.19. The van der Waals surface area contributed by atoms with Gasteiger partial charge in [0.1, 0.15) is 0 Å². The molecular formula is C13H17NO3. The molecule has 1 unspecified atom stereocenters. The zero-order valence-electron chi connectivity index (χ0n) is 10.1. The summed E-state index contributed by atoms with van der Waals surface area (Å²) in [5.41, 5.74) is 7.30. The zero-order valence-corrected chi connectivity index (χ0v) is 10.1. The van der Waals surface area contributed by atoms with Crippen LogP contribution in [0.2, 0.25) is 0 Å². The topological polar surface area (TPSA) is 69.4 Å². The lowest BCUT2D eigenvalue weighted by Crippen LogP contribution is -2.17. The predicted molar refractivity (Wildman–Crippen MR) is 64.1 cm³/mol. The first-order valence-electron chi connectivity index (χ1n) is 5.62. The number of nitrogens with two attached hydrogens (primary N) is 1. The van der Waals surface area contributed by atoms with Crippen molar-refractivity contribution >= 4 is 11.9 Å². The number of ether oxygens (including phenoxy) is 1. The van der Waals surface area contributed by atoms with Gasteiger partial charge >= 0.3 is 11.9 Å². The van der Waals surface area contributed by atoms with Crippen LogP contribution in [0.3, 0.4) is 0 Å². The quantitative estimate of drug-likeness (QED) is 0.637. The summed E-state index contributed by atoms with van der Waals surface area (Å²) in [6.45, 7) is 3.83. The lowest BCUT2D eigenvalue weighted by molar-refractivity contribution is -0.160. The van der Waals surface area contributed by atoms with Crippen LogP contribution in [0.4, 0.5) is 0 Å². The Balaban J connectivity index is 2.71. The van der Waals surface area contributed by atoms with Crippen LogP contribution in [0.25, 0.3) is 0 Å². The number of rotatable bonds is 4. The Morgan fingerprint density at radius 1 is 1.29 bits per heavy atom. The second-order valence-corrected chi connectivity index (χ2v) is 3.81. The van der Waals surface area contributed by atoms with Gasteiger partial charge in [0, 0.05) is 13.0 Å². The van der Waals surface area contributed by atoms with E-state index in [0.29, 0.717) is 6.54 Å². The van der Waals surface area contributed by atoms with Crippen LogP contribution in [0.15, 0.2) is 24.3 Å². The minimum atomic E-state index is -0.516. The highest BCUT2D eigenvalue weighted by molar-refractivity contribution is 5.89. The van der Waals surface area contributed by atoms with Crippen LogP contribution in [0, 0.1) is 0 Å². The number of carbonyl (C=O) groups excluding carboxylic acids is 2. The van der Waals surface area contributed by atoms with E-state index in [2.05, 4.69) is 4.74 Å². The Hall–Kier alpha value is -1.68. The number of carbonyl (C=O) groups is 2. The number of hydrogen-bond acceptors (Lipinski definition) is 4. The average Bonchev–Trinajstić information content (AvgIpc) is 2.37. The average molecular weight is 235 g/mol. The van der Waals surface area contributed by atoms with Gasteiger partial charge in [-0.05, 0) is 18.1 Å². The first-order valence-corrected chi connectivity index (χ1v) is 5.62. The van der Waals surface area contributed by atoms with Crippen LogP contribution in [-0.2, 0) is 20.9 Å². The van der Waals surface area contributed by atoms with E-state index in [1.54, 1.807) is 13.8 Å². The van der Waals surface area contributed by atoms with Gasteiger partial charge < -0.3 is 10.5 Å². The fourth-order valence-electron chi connectivity index (χ4n) is 1.35. The van der Waals surface area contributed by atoms with Gasteiger partial charge in [0.25, 0.3) is 0 Å². The van der Waals surface area contributed by atoms with Crippen molar-refractivity contribution in [3.63, 3.8) is 0 Å². The van der Waals surface area contributed by atoms with Gasteiger partial charge in [-0.1, -0.05) is 31.2 Å². The molecule has 4 heteroatoms. The molecule has 0 spiro atoms. The molecule has 1 aromatic carbocycles. The molecule has 0 saturated carbocycles. The second-order valence-electron chi connectivity index (χ2n) is 3.81. The maximum Gasteiger partial charge on any atom is 0.320 e. The molecule has 0 heterocycles. The lowest BCUT2D eigenvalue weighted by Gasteiger charge is -2.10. The summed E-state index contributed by atoms with van der Waals surface area (Å²) in [6.07, 6.45) is 0.199. The van der Waals surface area contributed by atoms with Crippen molar-refractivity contribution in [2.45, 2.75) is 32.7 Å². The van der Waals surface area contributed by atoms with E-state index < -0.39 is 17.9 Å². The van der Waals surface area contributed by atoms with Crippen molar-refractivity contribution < 1.29 is 14.3 Å². The molecular weight excluding hydrogens is 218 g/mol. The van der Waals surface area contributed by atoms with Crippen molar-refractivity contribution in [2.75, 3.05) is 0 Å². The first-order chi connectivity index (χ1) is 8.08. The normalized spacial score (nSPS) is 11.9. The van der Waals surface area contributed by atoms with E-state index in [1.807, 2.05) is 24.3 Å². The number of benzene rings is 1. The molecule has 0 aliphatic heterocycles. The third-order valence-corrected chi connectivity index (χ3v) is 2.57. The first kappa shape index (κ1) is 13.4.